The van der Waals surface area contributed by atoms with Gasteiger partial charge in [-0.3, -0.25) is 0 Å². The number of rotatable bonds is 1. The zero-order valence-electron chi connectivity index (χ0n) is 9.78. The van der Waals surface area contributed by atoms with Crippen LogP contribution in [-0.4, -0.2) is 0 Å². The lowest BCUT2D eigenvalue weighted by molar-refractivity contribution is 1.44. The summed E-state index contributed by atoms with van der Waals surface area (Å²) < 4.78 is 7.04. The van der Waals surface area contributed by atoms with E-state index in [0.717, 1.165) is 42.0 Å². The van der Waals surface area contributed by atoms with Crippen molar-refractivity contribution in [3.05, 3.63) is 41.0 Å². The van der Waals surface area contributed by atoms with Crippen LogP contribution in [0.3, 0.4) is 0 Å². The summed E-state index contributed by atoms with van der Waals surface area (Å²) in [4.78, 5) is 0. The minimum atomic E-state index is 0.641. The highest BCUT2D eigenvalue weighted by molar-refractivity contribution is 14.1. The smallest absolute Gasteiger partial charge is 0.0690 e. The standard InChI is InChI=1S/C12BrCl3I6/c13-3-9(19)4(14)1(5(15)10(3)20)2-7(17)6(16)11(21)12(22)8(2)18. The summed E-state index contributed by atoms with van der Waals surface area (Å²) in [6.45, 7) is 0. The van der Waals surface area contributed by atoms with E-state index in [1.807, 2.05) is 0 Å². The molecule has 10 heteroatoms. The van der Waals surface area contributed by atoms with Crippen molar-refractivity contribution in [3.8, 4) is 11.1 Å². The van der Waals surface area contributed by atoms with Crippen LogP contribution in [0.2, 0.25) is 15.1 Å². The first-order valence-electron chi connectivity index (χ1n) is 5.14. The molecule has 0 unspecified atom stereocenters. The molecule has 22 heavy (non-hydrogen) atoms. The van der Waals surface area contributed by atoms with Gasteiger partial charge in [0.1, 0.15) is 0 Å². The van der Waals surface area contributed by atoms with Crippen molar-refractivity contribution in [2.24, 2.45) is 0 Å². The molecule has 0 aliphatic heterocycles. The summed E-state index contributed by atoms with van der Waals surface area (Å²) >= 11 is 36.9. The molecule has 0 N–H and O–H groups in total. The van der Waals surface area contributed by atoms with Crippen molar-refractivity contribution in [2.75, 3.05) is 0 Å². The highest BCUT2D eigenvalue weighted by Gasteiger charge is 2.26. The van der Waals surface area contributed by atoms with Gasteiger partial charge in [-0.25, -0.2) is 0 Å². The molecule has 0 atom stereocenters. The van der Waals surface area contributed by atoms with Crippen molar-refractivity contribution in [1.29, 1.82) is 0 Å². The number of hydrogen-bond acceptors (Lipinski definition) is 0. The van der Waals surface area contributed by atoms with Gasteiger partial charge in [0, 0.05) is 37.0 Å². The second-order valence-corrected chi connectivity index (χ2v) is 12.3. The second-order valence-electron chi connectivity index (χ2n) is 3.89. The van der Waals surface area contributed by atoms with Gasteiger partial charge in [0.05, 0.1) is 15.1 Å². The lowest BCUT2D eigenvalue weighted by Gasteiger charge is -2.18. The normalized spacial score (nSPS) is 11.2. The van der Waals surface area contributed by atoms with Crippen LogP contribution in [-0.2, 0) is 0 Å². The molecule has 118 valence electrons. The van der Waals surface area contributed by atoms with Crippen LogP contribution in [0.15, 0.2) is 4.47 Å². The average molecular weight is 1090 g/mol. The quantitative estimate of drug-likeness (QED) is 0.152. The van der Waals surface area contributed by atoms with E-state index in [9.17, 15) is 0 Å². The van der Waals surface area contributed by atoms with Gasteiger partial charge in [0.25, 0.3) is 0 Å². The summed E-state index contributed by atoms with van der Waals surface area (Å²) in [6, 6.07) is 0. The predicted octanol–water partition coefficient (Wildman–Crippen LogP) is 9.70. The summed E-state index contributed by atoms with van der Waals surface area (Å²) in [5.74, 6) is 0. The molecule has 2 aromatic rings. The molecule has 0 radical (unpaired) electrons. The van der Waals surface area contributed by atoms with E-state index in [0.29, 0.717) is 10.0 Å². The maximum Gasteiger partial charge on any atom is 0.0690 e. The third-order valence-electron chi connectivity index (χ3n) is 2.67. The molecule has 0 aromatic heterocycles. The van der Waals surface area contributed by atoms with Gasteiger partial charge in [-0.2, -0.15) is 0 Å². The second kappa shape index (κ2) is 9.11. The molecule has 0 amide bonds. The zero-order chi connectivity index (χ0) is 16.9. The lowest BCUT2D eigenvalue weighted by Crippen LogP contribution is -2.00. The minimum Gasteiger partial charge on any atom is -0.0824 e. The molecule has 2 rings (SSSR count). The molecule has 2 aromatic carbocycles. The Balaban J connectivity index is 3.03. The topological polar surface area (TPSA) is 0 Å². The van der Waals surface area contributed by atoms with E-state index in [1.165, 1.54) is 0 Å². The van der Waals surface area contributed by atoms with E-state index < -0.39 is 0 Å². The first-order valence-corrected chi connectivity index (χ1v) is 13.5. The third-order valence-corrected chi connectivity index (χ3v) is 15.9. The van der Waals surface area contributed by atoms with E-state index in [4.69, 9.17) is 34.8 Å². The molecule has 0 heterocycles. The highest BCUT2D eigenvalue weighted by atomic mass is 127. The monoisotopic (exact) mass is 1090 g/mol. The SMILES string of the molecule is Clc1c(I)c(I)c(I)c(-c2c(Cl)c(I)c(Br)c(I)c2Cl)c1I. The van der Waals surface area contributed by atoms with Gasteiger partial charge in [-0.05, 0) is 151 Å². The van der Waals surface area contributed by atoms with Gasteiger partial charge < -0.3 is 0 Å². The van der Waals surface area contributed by atoms with Crippen molar-refractivity contribution >= 4 is 186 Å². The van der Waals surface area contributed by atoms with Crippen LogP contribution in [0.4, 0.5) is 0 Å². The molecule has 0 saturated carbocycles. The van der Waals surface area contributed by atoms with E-state index in [2.05, 4.69) is 151 Å². The Morgan fingerprint density at radius 3 is 1.41 bits per heavy atom. The molecule has 0 spiro atoms. The predicted molar refractivity (Wildman–Crippen MR) is 151 cm³/mol. The Labute approximate surface area is 233 Å². The molecule has 0 saturated heterocycles. The van der Waals surface area contributed by atoms with Crippen LogP contribution in [0, 0.1) is 21.4 Å². The third kappa shape index (κ3) is 4.11. The largest absolute Gasteiger partial charge is 0.0824 e. The van der Waals surface area contributed by atoms with Gasteiger partial charge in [-0.15, -0.1) is 0 Å². The molecule has 0 nitrogen and oxygen atoms in total. The highest BCUT2D eigenvalue weighted by Crippen LogP contribution is 2.49. The molecular weight excluding hydrogens is 1090 g/mol. The number of halogens is 10. The van der Waals surface area contributed by atoms with Crippen molar-refractivity contribution in [2.45, 2.75) is 0 Å². The summed E-state index contributed by atoms with van der Waals surface area (Å²) in [5.41, 5.74) is 1.83. The molecule has 0 aliphatic carbocycles. The Bertz CT molecular complexity index is 683. The number of hydrogen-bond donors (Lipinski definition) is 0. The van der Waals surface area contributed by atoms with Crippen LogP contribution in [0.5, 0.6) is 0 Å². The summed E-state index contributed by atoms with van der Waals surface area (Å²) in [6.07, 6.45) is 0. The Morgan fingerprint density at radius 2 is 0.955 bits per heavy atom. The van der Waals surface area contributed by atoms with Crippen LogP contribution in [0.1, 0.15) is 0 Å². The zero-order valence-corrected chi connectivity index (χ0v) is 26.6. The molecular formula is C12BrCl3I6. The average Bonchev–Trinajstić information content (AvgIpc) is 2.50. The Kier molecular flexibility index (Phi) is 9.30. The van der Waals surface area contributed by atoms with Crippen molar-refractivity contribution in [3.63, 3.8) is 0 Å². The maximum atomic E-state index is 6.62. The number of benzene rings is 2. The molecule has 0 aliphatic rings. The Hall–Kier alpha value is 4.17. The van der Waals surface area contributed by atoms with Gasteiger partial charge in [-0.1, -0.05) is 34.8 Å². The fourth-order valence-corrected chi connectivity index (χ4v) is 9.08. The summed E-state index contributed by atoms with van der Waals surface area (Å²) in [7, 11) is 0. The Morgan fingerprint density at radius 1 is 0.500 bits per heavy atom. The van der Waals surface area contributed by atoms with Crippen molar-refractivity contribution in [1.82, 2.24) is 0 Å². The van der Waals surface area contributed by atoms with Crippen molar-refractivity contribution < 1.29 is 0 Å². The van der Waals surface area contributed by atoms with E-state index >= 15 is 0 Å². The molecule has 0 bridgehead atoms. The van der Waals surface area contributed by atoms with E-state index in [-0.39, 0.29) is 0 Å². The first-order chi connectivity index (χ1) is 10.1. The molecule has 0 fully saturated rings. The lowest BCUT2D eigenvalue weighted by atomic mass is 10.1. The fourth-order valence-electron chi connectivity index (χ4n) is 1.65. The van der Waals surface area contributed by atoms with Crippen LogP contribution >= 0.6 is 186 Å². The van der Waals surface area contributed by atoms with E-state index in [1.54, 1.807) is 0 Å². The summed E-state index contributed by atoms with van der Waals surface area (Å²) in [5, 5.41) is 2.02. The van der Waals surface area contributed by atoms with Gasteiger partial charge in [0.15, 0.2) is 0 Å². The van der Waals surface area contributed by atoms with Gasteiger partial charge in [0.2, 0.25) is 0 Å². The van der Waals surface area contributed by atoms with Gasteiger partial charge >= 0.3 is 0 Å². The van der Waals surface area contributed by atoms with Crippen LogP contribution < -0.4 is 0 Å². The maximum absolute atomic E-state index is 6.62. The first kappa shape index (κ1) is 22.5. The fraction of sp³-hybridized carbons (Fsp3) is 0. The van der Waals surface area contributed by atoms with Crippen LogP contribution in [0.25, 0.3) is 11.1 Å². The minimum absolute atomic E-state index is 0.641.